The zero-order valence-corrected chi connectivity index (χ0v) is 17.6. The topological polar surface area (TPSA) is 130 Å². The van der Waals surface area contributed by atoms with Crippen LogP contribution in [0.5, 0.6) is 0 Å². The van der Waals surface area contributed by atoms with E-state index in [1.165, 1.54) is 89.9 Å². The van der Waals surface area contributed by atoms with Crippen LogP contribution in [-0.4, -0.2) is 27.8 Å². The molecule has 0 saturated heterocycles. The molecule has 0 radical (unpaired) electrons. The number of nitrogens with two attached hydrogens (primary N) is 2. The van der Waals surface area contributed by atoms with Crippen molar-refractivity contribution in [2.75, 3.05) is 13.1 Å². The molecule has 0 saturated carbocycles. The third-order valence-electron chi connectivity index (χ3n) is 3.62. The fourth-order valence-electron chi connectivity index (χ4n) is 2.20. The lowest BCUT2D eigenvalue weighted by Gasteiger charge is -2.00. The number of hydrogen-bond acceptors (Lipinski definition) is 3. The first-order valence-electron chi connectivity index (χ1n) is 10.0. The van der Waals surface area contributed by atoms with E-state index in [1.54, 1.807) is 0 Å². The van der Waals surface area contributed by atoms with E-state index in [-0.39, 0.29) is 0 Å². The Morgan fingerprint density at radius 3 is 1.00 bits per heavy atom. The molecule has 0 bridgehead atoms. The van der Waals surface area contributed by atoms with Crippen molar-refractivity contribution < 1.29 is 19.2 Å². The fourth-order valence-corrected chi connectivity index (χ4v) is 2.20. The van der Waals surface area contributed by atoms with Crippen LogP contribution in [0.2, 0.25) is 0 Å². The Bertz CT molecular complexity index is 241. The summed E-state index contributed by atoms with van der Waals surface area (Å²) in [5.74, 6) is 0. The van der Waals surface area contributed by atoms with Gasteiger partial charge in [0.05, 0.1) is 0 Å². The Morgan fingerprint density at radius 2 is 0.760 bits per heavy atom. The minimum absolute atomic E-state index is 0.861. The predicted molar refractivity (Wildman–Crippen MR) is 108 cm³/mol. The van der Waals surface area contributed by atoms with Gasteiger partial charge in [0.15, 0.2) is 0 Å². The maximum Gasteiger partial charge on any atom is 0.466 e. The van der Waals surface area contributed by atoms with E-state index in [2.05, 4.69) is 13.8 Å². The first-order valence-corrected chi connectivity index (χ1v) is 11.6. The second-order valence-corrected chi connectivity index (χ2v) is 7.36. The zero-order valence-electron chi connectivity index (χ0n) is 16.7. The van der Waals surface area contributed by atoms with Crippen molar-refractivity contribution in [3.63, 3.8) is 0 Å². The van der Waals surface area contributed by atoms with Crippen LogP contribution in [0.15, 0.2) is 0 Å². The van der Waals surface area contributed by atoms with Gasteiger partial charge in [0.25, 0.3) is 0 Å². The van der Waals surface area contributed by atoms with Gasteiger partial charge < -0.3 is 26.1 Å². The highest BCUT2D eigenvalue weighted by Crippen LogP contribution is 2.25. The SMILES string of the molecule is CCCCCCCCCCCCN.CCCCCCN.O=P(O)(O)O. The molecule has 0 fully saturated rings. The fraction of sp³-hybridized carbons (Fsp3) is 1.00. The summed E-state index contributed by atoms with van der Waals surface area (Å²) in [5.41, 5.74) is 10.7. The van der Waals surface area contributed by atoms with Gasteiger partial charge in [-0.25, -0.2) is 4.57 Å². The monoisotopic (exact) mass is 384 g/mol. The molecule has 7 heteroatoms. The van der Waals surface area contributed by atoms with Gasteiger partial charge >= 0.3 is 7.82 Å². The molecule has 0 aliphatic rings. The Balaban J connectivity index is -0.000000337. The molecule has 0 unspecified atom stereocenters. The minimum atomic E-state index is -4.64. The molecule has 6 nitrogen and oxygen atoms in total. The van der Waals surface area contributed by atoms with Crippen molar-refractivity contribution in [2.45, 2.75) is 104 Å². The standard InChI is InChI=1S/C12H27N.C6H15N.H3O4P/c1-2-3-4-5-6-7-8-9-10-11-12-13;1-2-3-4-5-6-7;1-5(2,3)4/h2-13H2,1H3;2-7H2,1H3;(H3,1,2,3,4). The van der Waals surface area contributed by atoms with Gasteiger partial charge in [0.1, 0.15) is 0 Å². The smallest absolute Gasteiger partial charge is 0.330 e. The van der Waals surface area contributed by atoms with E-state index in [0.29, 0.717) is 0 Å². The number of rotatable bonds is 14. The zero-order chi connectivity index (χ0) is 19.8. The van der Waals surface area contributed by atoms with Crippen molar-refractivity contribution in [2.24, 2.45) is 11.5 Å². The van der Waals surface area contributed by atoms with Gasteiger partial charge in [-0.1, -0.05) is 90.9 Å². The van der Waals surface area contributed by atoms with Gasteiger partial charge in [0.2, 0.25) is 0 Å². The van der Waals surface area contributed by atoms with Crippen LogP contribution in [-0.2, 0) is 4.57 Å². The van der Waals surface area contributed by atoms with Crippen LogP contribution in [0.1, 0.15) is 104 Å². The molecule has 0 aliphatic carbocycles. The Hall–Kier alpha value is 0.0300. The molecular weight excluding hydrogens is 339 g/mol. The van der Waals surface area contributed by atoms with Crippen molar-refractivity contribution in [3.8, 4) is 0 Å². The average molecular weight is 385 g/mol. The van der Waals surface area contributed by atoms with Gasteiger partial charge in [0, 0.05) is 0 Å². The second kappa shape index (κ2) is 26.3. The molecular formula is C18H45N2O4P. The van der Waals surface area contributed by atoms with Gasteiger partial charge in [-0.05, 0) is 25.9 Å². The van der Waals surface area contributed by atoms with Crippen LogP contribution >= 0.6 is 7.82 Å². The summed E-state index contributed by atoms with van der Waals surface area (Å²) in [5, 5.41) is 0. The summed E-state index contributed by atoms with van der Waals surface area (Å²) in [6, 6.07) is 0. The molecule has 0 aromatic carbocycles. The Morgan fingerprint density at radius 1 is 0.560 bits per heavy atom. The van der Waals surface area contributed by atoms with Crippen molar-refractivity contribution in [1.82, 2.24) is 0 Å². The average Bonchev–Trinajstić information content (AvgIpc) is 2.53. The Kier molecular flexibility index (Phi) is 31.3. The normalized spacial score (nSPS) is 10.5. The summed E-state index contributed by atoms with van der Waals surface area (Å²) in [6.45, 7) is 6.21. The van der Waals surface area contributed by atoms with Crippen LogP contribution in [0.3, 0.4) is 0 Å². The predicted octanol–water partition coefficient (Wildman–Crippen LogP) is 4.46. The molecule has 7 N–H and O–H groups in total. The minimum Gasteiger partial charge on any atom is -0.330 e. The van der Waals surface area contributed by atoms with E-state index in [1.807, 2.05) is 0 Å². The van der Waals surface area contributed by atoms with Crippen molar-refractivity contribution in [3.05, 3.63) is 0 Å². The number of unbranched alkanes of at least 4 members (excludes halogenated alkanes) is 12. The van der Waals surface area contributed by atoms with E-state index < -0.39 is 7.82 Å². The molecule has 0 aromatic heterocycles. The lowest BCUT2D eigenvalue weighted by Crippen LogP contribution is -1.97. The first kappa shape index (κ1) is 29.8. The van der Waals surface area contributed by atoms with E-state index in [4.69, 9.17) is 30.7 Å². The van der Waals surface area contributed by atoms with Crippen LogP contribution in [0.25, 0.3) is 0 Å². The van der Waals surface area contributed by atoms with Gasteiger partial charge in [-0.2, -0.15) is 0 Å². The van der Waals surface area contributed by atoms with E-state index in [9.17, 15) is 0 Å². The van der Waals surface area contributed by atoms with E-state index >= 15 is 0 Å². The van der Waals surface area contributed by atoms with Crippen LogP contribution in [0.4, 0.5) is 0 Å². The summed E-state index contributed by atoms with van der Waals surface area (Å²) in [7, 11) is -4.64. The van der Waals surface area contributed by atoms with E-state index in [0.717, 1.165) is 13.1 Å². The molecule has 0 aromatic rings. The lowest BCUT2D eigenvalue weighted by atomic mass is 10.1. The van der Waals surface area contributed by atoms with Crippen LogP contribution < -0.4 is 11.5 Å². The molecule has 0 amide bonds. The molecule has 0 rings (SSSR count). The Labute approximate surface area is 156 Å². The van der Waals surface area contributed by atoms with Gasteiger partial charge in [-0.3, -0.25) is 0 Å². The molecule has 0 heterocycles. The van der Waals surface area contributed by atoms with Crippen molar-refractivity contribution >= 4 is 7.82 Å². The number of hydrogen-bond donors (Lipinski definition) is 5. The van der Waals surface area contributed by atoms with Crippen LogP contribution in [0, 0.1) is 0 Å². The van der Waals surface area contributed by atoms with Crippen molar-refractivity contribution in [1.29, 1.82) is 0 Å². The molecule has 0 spiro atoms. The third kappa shape index (κ3) is 59.2. The first-order chi connectivity index (χ1) is 11.8. The summed E-state index contributed by atoms with van der Waals surface area (Å²) in [4.78, 5) is 21.6. The molecule has 0 aliphatic heterocycles. The lowest BCUT2D eigenvalue weighted by molar-refractivity contribution is 0.275. The maximum atomic E-state index is 8.88. The summed E-state index contributed by atoms with van der Waals surface area (Å²) in [6.07, 6.45) is 19.1. The van der Waals surface area contributed by atoms with Gasteiger partial charge in [-0.15, -0.1) is 0 Å². The highest BCUT2D eigenvalue weighted by atomic mass is 31.2. The molecule has 156 valence electrons. The summed E-state index contributed by atoms with van der Waals surface area (Å²) >= 11 is 0. The quantitative estimate of drug-likeness (QED) is 0.222. The highest BCUT2D eigenvalue weighted by Gasteiger charge is 2.00. The number of phosphoric acid groups is 1. The second-order valence-electron chi connectivity index (χ2n) is 6.33. The maximum absolute atomic E-state index is 8.88. The molecule has 25 heavy (non-hydrogen) atoms. The largest absolute Gasteiger partial charge is 0.466 e. The molecule has 0 atom stereocenters. The highest BCUT2D eigenvalue weighted by molar-refractivity contribution is 7.45. The summed E-state index contributed by atoms with van der Waals surface area (Å²) < 4.78 is 8.88. The third-order valence-corrected chi connectivity index (χ3v) is 3.62.